The van der Waals surface area contributed by atoms with Crippen LogP contribution in [-0.2, 0) is 19.0 Å². The molecule has 0 bridgehead atoms. The molecule has 31 heavy (non-hydrogen) atoms. The van der Waals surface area contributed by atoms with Crippen LogP contribution in [0.3, 0.4) is 0 Å². The summed E-state index contributed by atoms with van der Waals surface area (Å²) in [6, 6.07) is 8.31. The van der Waals surface area contributed by atoms with E-state index in [1.807, 2.05) is 0 Å². The highest BCUT2D eigenvalue weighted by Crippen LogP contribution is 2.47. The molecule has 0 amide bonds. The fraction of sp³-hybridized carbons (Fsp3) is 0.300. The summed E-state index contributed by atoms with van der Waals surface area (Å²) in [6.07, 6.45) is -3.76. The molecule has 4 rings (SSSR count). The van der Waals surface area contributed by atoms with Crippen molar-refractivity contribution in [1.82, 2.24) is 9.97 Å². The number of carbonyl (C=O) groups is 2. The number of nitrogen functional groups attached to an aromatic ring is 1. The Morgan fingerprint density at radius 2 is 2.10 bits per heavy atom. The average Bonchev–Trinajstić information content (AvgIpc) is 3.22. The molecule has 162 valence electrons. The van der Waals surface area contributed by atoms with Crippen molar-refractivity contribution >= 4 is 35.5 Å². The molecule has 2 N–H and O–H groups in total. The van der Waals surface area contributed by atoms with Gasteiger partial charge in [0, 0.05) is 13.1 Å². The Bertz CT molecular complexity index is 1020. The third-order valence-corrected chi connectivity index (χ3v) is 5.63. The quantitative estimate of drug-likeness (QED) is 0.686. The van der Waals surface area contributed by atoms with Gasteiger partial charge in [-0.15, -0.1) is 0 Å². The fourth-order valence-corrected chi connectivity index (χ4v) is 4.23. The number of ether oxygens (including phenoxy) is 3. The maximum atomic E-state index is 15.2. The lowest BCUT2D eigenvalue weighted by Crippen LogP contribution is -2.44. The molecule has 0 radical (unpaired) electrons. The third kappa shape index (κ3) is 4.19. The van der Waals surface area contributed by atoms with E-state index < -0.39 is 36.5 Å². The maximum Gasteiger partial charge on any atom is 0.338 e. The number of halogens is 1. The van der Waals surface area contributed by atoms with Gasteiger partial charge in [-0.1, -0.05) is 36.5 Å². The zero-order valence-corrected chi connectivity index (χ0v) is 17.3. The third-order valence-electron chi connectivity index (χ3n) is 4.69. The molecule has 2 aliphatic heterocycles. The van der Waals surface area contributed by atoms with E-state index in [2.05, 4.69) is 16.5 Å². The monoisotopic (exact) mass is 446 g/mol. The molecule has 0 unspecified atom stereocenters. The van der Waals surface area contributed by atoms with Crippen LogP contribution in [0.5, 0.6) is 0 Å². The Morgan fingerprint density at radius 1 is 1.35 bits per heavy atom. The minimum absolute atomic E-state index is 0.0197. The lowest BCUT2D eigenvalue weighted by Gasteiger charge is -2.29. The van der Waals surface area contributed by atoms with Crippen LogP contribution in [0, 0.1) is 0 Å². The summed E-state index contributed by atoms with van der Waals surface area (Å²) >= 11 is 1.26. The van der Waals surface area contributed by atoms with Gasteiger partial charge in [-0.3, -0.25) is 9.69 Å². The number of alkyl halides is 1. The van der Waals surface area contributed by atoms with E-state index in [1.165, 1.54) is 29.8 Å². The number of hydrogen-bond acceptors (Lipinski definition) is 10. The molecule has 1 aromatic heterocycles. The number of nitrogens with two attached hydrogens (primary N) is 1. The number of fused-ring (bicyclic) bond motifs is 1. The number of benzene rings is 1. The highest BCUT2D eigenvalue weighted by molar-refractivity contribution is 8.03. The molecular weight excluding hydrogens is 427 g/mol. The fourth-order valence-electron chi connectivity index (χ4n) is 3.35. The molecule has 4 atom stereocenters. The van der Waals surface area contributed by atoms with Crippen molar-refractivity contribution < 1.29 is 28.2 Å². The van der Waals surface area contributed by atoms with Crippen molar-refractivity contribution in [3.8, 4) is 0 Å². The lowest BCUT2D eigenvalue weighted by atomic mass is 10.1. The lowest BCUT2D eigenvalue weighted by molar-refractivity contribution is -0.150. The minimum Gasteiger partial charge on any atom is -0.459 e. The van der Waals surface area contributed by atoms with Crippen molar-refractivity contribution in [3.05, 3.63) is 53.7 Å². The van der Waals surface area contributed by atoms with Crippen LogP contribution in [0.4, 0.5) is 16.2 Å². The Morgan fingerprint density at radius 3 is 2.81 bits per heavy atom. The van der Waals surface area contributed by atoms with Gasteiger partial charge in [0.1, 0.15) is 12.7 Å². The van der Waals surface area contributed by atoms with E-state index >= 15 is 4.39 Å². The van der Waals surface area contributed by atoms with E-state index in [-0.39, 0.29) is 12.6 Å². The summed E-state index contributed by atoms with van der Waals surface area (Å²) in [7, 11) is 0. The zero-order chi connectivity index (χ0) is 22.1. The van der Waals surface area contributed by atoms with Gasteiger partial charge in [-0.05, 0) is 12.1 Å². The molecule has 11 heteroatoms. The van der Waals surface area contributed by atoms with Gasteiger partial charge in [0.25, 0.3) is 0 Å². The van der Waals surface area contributed by atoms with Crippen LogP contribution in [0.15, 0.2) is 53.0 Å². The van der Waals surface area contributed by atoms with Crippen molar-refractivity contribution in [2.45, 2.75) is 36.4 Å². The van der Waals surface area contributed by atoms with Gasteiger partial charge in [-0.25, -0.2) is 14.2 Å². The Kier molecular flexibility index (Phi) is 5.79. The van der Waals surface area contributed by atoms with E-state index in [1.54, 1.807) is 30.3 Å². The first-order chi connectivity index (χ1) is 14.8. The molecule has 2 aliphatic rings. The highest BCUT2D eigenvalue weighted by atomic mass is 32.2. The van der Waals surface area contributed by atoms with E-state index in [9.17, 15) is 9.59 Å². The largest absolute Gasteiger partial charge is 0.459 e. The summed E-state index contributed by atoms with van der Waals surface area (Å²) in [5.41, 5.74) is 6.03. The van der Waals surface area contributed by atoms with Gasteiger partial charge in [0.15, 0.2) is 24.3 Å². The topological polar surface area (TPSA) is 117 Å². The second kappa shape index (κ2) is 8.52. The van der Waals surface area contributed by atoms with Crippen molar-refractivity contribution in [2.75, 3.05) is 17.2 Å². The van der Waals surface area contributed by atoms with Crippen molar-refractivity contribution in [2.24, 2.45) is 0 Å². The number of carbonyl (C=O) groups excluding carboxylic acids is 2. The molecule has 3 heterocycles. The highest BCUT2D eigenvalue weighted by Gasteiger charge is 2.52. The molecule has 0 saturated carbocycles. The second-order valence-electron chi connectivity index (χ2n) is 6.83. The van der Waals surface area contributed by atoms with Crippen LogP contribution in [0.25, 0.3) is 0 Å². The van der Waals surface area contributed by atoms with Crippen molar-refractivity contribution in [1.29, 1.82) is 0 Å². The van der Waals surface area contributed by atoms with Crippen LogP contribution < -0.4 is 10.6 Å². The first-order valence-electron chi connectivity index (χ1n) is 9.32. The first-order valence-corrected chi connectivity index (χ1v) is 10.1. The van der Waals surface area contributed by atoms with Gasteiger partial charge in [0.05, 0.1) is 15.5 Å². The smallest absolute Gasteiger partial charge is 0.338 e. The van der Waals surface area contributed by atoms with Gasteiger partial charge >= 0.3 is 11.9 Å². The molecule has 0 spiro atoms. The summed E-state index contributed by atoms with van der Waals surface area (Å²) < 4.78 is 31.5. The zero-order valence-electron chi connectivity index (χ0n) is 16.4. The number of aromatic nitrogens is 2. The molecule has 1 aromatic carbocycles. The molecule has 9 nitrogen and oxygen atoms in total. The number of anilines is 2. The number of nitrogens with zero attached hydrogens (tertiary/aromatic N) is 3. The normalized spacial score (nSPS) is 24.7. The number of hydrogen-bond donors (Lipinski definition) is 1. The van der Waals surface area contributed by atoms with Gasteiger partial charge in [0.2, 0.25) is 5.95 Å². The van der Waals surface area contributed by atoms with E-state index in [0.29, 0.717) is 21.3 Å². The SMILES string of the molecule is C=C1Sc2cnc(N)nc2N1[C@@H]1O[C@H](COC(=O)c2ccccc2)[C@H](F)[C@H]1OC(C)=O. The summed E-state index contributed by atoms with van der Waals surface area (Å²) in [6.45, 7) is 4.76. The molecule has 1 saturated heterocycles. The van der Waals surface area contributed by atoms with E-state index in [0.717, 1.165) is 0 Å². The minimum atomic E-state index is -1.75. The number of thioether (sulfide) groups is 1. The second-order valence-corrected chi connectivity index (χ2v) is 7.95. The first kappa shape index (κ1) is 21.1. The number of rotatable bonds is 5. The summed E-state index contributed by atoms with van der Waals surface area (Å²) in [4.78, 5) is 34.1. The Labute approximate surface area is 181 Å². The molecule has 1 fully saturated rings. The van der Waals surface area contributed by atoms with Crippen LogP contribution in [0.1, 0.15) is 17.3 Å². The maximum absolute atomic E-state index is 15.2. The molecule has 0 aliphatic carbocycles. The predicted octanol–water partition coefficient (Wildman–Crippen LogP) is 2.29. The molecule has 2 aromatic rings. The molecular formula is C20H19FN4O5S. The van der Waals surface area contributed by atoms with Crippen LogP contribution >= 0.6 is 11.8 Å². The average molecular weight is 446 g/mol. The van der Waals surface area contributed by atoms with Crippen LogP contribution in [-0.4, -0.2) is 53.1 Å². The van der Waals surface area contributed by atoms with Gasteiger partial charge in [-0.2, -0.15) is 4.98 Å². The summed E-state index contributed by atoms with van der Waals surface area (Å²) in [5.74, 6) is -0.899. The standard InChI is InChI=1S/C20H19FN4O5S/c1-10-25(17-14(31-10)8-23-20(22)24-17)18-16(29-11(2)26)15(21)13(30-18)9-28-19(27)12-6-4-3-5-7-12/h3-8,13,15-16,18H,1,9H2,2H3,(H2,22,23,24)/t13-,15+,16-,18-/m1/s1. The Balaban J connectivity index is 1.55. The summed E-state index contributed by atoms with van der Waals surface area (Å²) in [5, 5.41) is 0.478. The predicted molar refractivity (Wildman–Crippen MR) is 110 cm³/mol. The van der Waals surface area contributed by atoms with Crippen molar-refractivity contribution in [3.63, 3.8) is 0 Å². The number of esters is 2. The van der Waals surface area contributed by atoms with E-state index in [4.69, 9.17) is 19.9 Å². The van der Waals surface area contributed by atoms with Crippen LogP contribution in [0.2, 0.25) is 0 Å². The van der Waals surface area contributed by atoms with Gasteiger partial charge < -0.3 is 19.9 Å². The Hall–Kier alpha value is -3.18.